The van der Waals surface area contributed by atoms with E-state index in [1.165, 1.54) is 11.8 Å². The van der Waals surface area contributed by atoms with Crippen LogP contribution in [0.15, 0.2) is 57.0 Å². The fourth-order valence-corrected chi connectivity index (χ4v) is 3.44. The van der Waals surface area contributed by atoms with Crippen LogP contribution in [-0.4, -0.2) is 52.6 Å². The van der Waals surface area contributed by atoms with Gasteiger partial charge in [0, 0.05) is 25.2 Å². The number of amides is 1. The fourth-order valence-electron chi connectivity index (χ4n) is 2.91. The van der Waals surface area contributed by atoms with Gasteiger partial charge in [-0.25, -0.2) is 9.79 Å². The van der Waals surface area contributed by atoms with Gasteiger partial charge in [0.25, 0.3) is 0 Å². The van der Waals surface area contributed by atoms with Crippen molar-refractivity contribution < 1.29 is 23.9 Å². The smallest absolute Gasteiger partial charge is 0.432 e. The molecule has 3 aromatic rings. The van der Waals surface area contributed by atoms with Crippen molar-refractivity contribution >= 4 is 34.3 Å². The van der Waals surface area contributed by atoms with Crippen molar-refractivity contribution in [3.05, 3.63) is 59.5 Å². The lowest BCUT2D eigenvalue weighted by Crippen LogP contribution is -2.14. The molecule has 1 aromatic heterocycles. The molecule has 1 heterocycles. The number of nitrogens with zero attached hydrogens (tertiary/aromatic N) is 4. The number of aliphatic imine (C=N–C) groups is 2. The number of carbonyl (C=O) groups is 1. The number of benzene rings is 2. The van der Waals surface area contributed by atoms with Gasteiger partial charge in [-0.2, -0.15) is 9.98 Å². The Morgan fingerprint density at radius 2 is 1.94 bits per heavy atom. The van der Waals surface area contributed by atoms with E-state index in [1.54, 1.807) is 45.6 Å². The maximum absolute atomic E-state index is 11.3. The lowest BCUT2D eigenvalue weighted by molar-refractivity contribution is 0.184. The Labute approximate surface area is 189 Å². The van der Waals surface area contributed by atoms with Gasteiger partial charge in [0.05, 0.1) is 19.4 Å². The molecule has 10 heteroatoms. The summed E-state index contributed by atoms with van der Waals surface area (Å²) < 4.78 is 15.7. The zero-order valence-electron chi connectivity index (χ0n) is 18.0. The van der Waals surface area contributed by atoms with Gasteiger partial charge in [-0.3, -0.25) is 0 Å². The highest BCUT2D eigenvalue weighted by atomic mass is 32.2. The summed E-state index contributed by atoms with van der Waals surface area (Å²) in [4.78, 5) is 24.0. The molecular formula is C22H22N4O5S. The van der Waals surface area contributed by atoms with E-state index in [2.05, 4.69) is 15.1 Å². The second-order valence-corrected chi connectivity index (χ2v) is 7.35. The van der Waals surface area contributed by atoms with Crippen LogP contribution in [0.4, 0.5) is 10.5 Å². The highest BCUT2D eigenvalue weighted by Gasteiger charge is 2.16. The van der Waals surface area contributed by atoms with Gasteiger partial charge in [0.1, 0.15) is 16.5 Å². The third-order valence-corrected chi connectivity index (χ3v) is 4.94. The number of thioether (sulfide) groups is 1. The molecule has 1 amide bonds. The summed E-state index contributed by atoms with van der Waals surface area (Å²) in [7, 11) is 3.16. The van der Waals surface area contributed by atoms with E-state index in [-0.39, 0.29) is 5.04 Å². The monoisotopic (exact) mass is 454 g/mol. The Morgan fingerprint density at radius 1 is 1.19 bits per heavy atom. The third kappa shape index (κ3) is 5.80. The summed E-state index contributed by atoms with van der Waals surface area (Å²) in [5, 5.41) is 13.4. The lowest BCUT2D eigenvalue weighted by Gasteiger charge is -2.12. The van der Waals surface area contributed by atoms with Crippen LogP contribution in [0, 0.1) is 6.92 Å². The van der Waals surface area contributed by atoms with E-state index in [0.717, 1.165) is 11.1 Å². The largest absolute Gasteiger partial charge is 0.497 e. The maximum atomic E-state index is 11.3. The highest BCUT2D eigenvalue weighted by molar-refractivity contribution is 8.15. The minimum Gasteiger partial charge on any atom is -0.497 e. The summed E-state index contributed by atoms with van der Waals surface area (Å²) in [5.74, 6) is 1.55. The van der Waals surface area contributed by atoms with Crippen molar-refractivity contribution in [2.24, 2.45) is 9.98 Å². The van der Waals surface area contributed by atoms with E-state index >= 15 is 0 Å². The molecule has 0 aliphatic carbocycles. The first-order valence-electron chi connectivity index (χ1n) is 9.46. The Kier molecular flexibility index (Phi) is 7.74. The second kappa shape index (κ2) is 10.7. The SMILES string of the molecule is COCc1cc(OC)cc(C(=Nc2ccc(-c3noc(C)n3)cc2)C(=NC(=O)O)SC)c1. The fraction of sp³-hybridized carbons (Fsp3) is 0.227. The van der Waals surface area contributed by atoms with Crippen LogP contribution < -0.4 is 4.74 Å². The van der Waals surface area contributed by atoms with Gasteiger partial charge < -0.3 is 19.1 Å². The summed E-state index contributed by atoms with van der Waals surface area (Å²) in [5.41, 5.74) is 3.29. The van der Waals surface area contributed by atoms with Gasteiger partial charge in [-0.05, 0) is 54.3 Å². The van der Waals surface area contributed by atoms with E-state index in [9.17, 15) is 9.90 Å². The molecule has 166 valence electrons. The number of hydrogen-bond acceptors (Lipinski definition) is 8. The van der Waals surface area contributed by atoms with Gasteiger partial charge in [-0.15, -0.1) is 11.8 Å². The number of methoxy groups -OCH3 is 2. The number of aryl methyl sites for hydroxylation is 1. The molecule has 0 atom stereocenters. The predicted octanol–water partition coefficient (Wildman–Crippen LogP) is 4.76. The van der Waals surface area contributed by atoms with Crippen LogP contribution in [0.25, 0.3) is 11.4 Å². The number of aromatic nitrogens is 2. The van der Waals surface area contributed by atoms with Crippen LogP contribution >= 0.6 is 11.8 Å². The van der Waals surface area contributed by atoms with Crippen LogP contribution in [0.2, 0.25) is 0 Å². The molecule has 0 saturated heterocycles. The van der Waals surface area contributed by atoms with Crippen molar-refractivity contribution in [3.63, 3.8) is 0 Å². The first kappa shape index (κ1) is 23.2. The minimum atomic E-state index is -1.30. The van der Waals surface area contributed by atoms with E-state index in [0.29, 0.717) is 41.0 Å². The topological polar surface area (TPSA) is 119 Å². The molecule has 0 aliphatic rings. The third-order valence-electron chi connectivity index (χ3n) is 4.27. The van der Waals surface area contributed by atoms with Crippen molar-refractivity contribution in [2.45, 2.75) is 13.5 Å². The zero-order valence-corrected chi connectivity index (χ0v) is 18.8. The Balaban J connectivity index is 2.10. The molecule has 0 bridgehead atoms. The quantitative estimate of drug-likeness (QED) is 0.401. The molecule has 1 N–H and O–H groups in total. The summed E-state index contributed by atoms with van der Waals surface area (Å²) in [6.07, 6.45) is 0.444. The second-order valence-electron chi connectivity index (χ2n) is 6.55. The average molecular weight is 455 g/mol. The van der Waals surface area contributed by atoms with Gasteiger partial charge in [0.15, 0.2) is 0 Å². The molecule has 0 unspecified atom stereocenters. The molecule has 0 aliphatic heterocycles. The van der Waals surface area contributed by atoms with Crippen LogP contribution in [0.3, 0.4) is 0 Å². The molecule has 32 heavy (non-hydrogen) atoms. The number of rotatable bonds is 7. The molecule has 0 spiro atoms. The number of carboxylic acid groups (broad SMARTS) is 1. The molecule has 3 rings (SSSR count). The van der Waals surface area contributed by atoms with Gasteiger partial charge in [-0.1, -0.05) is 5.16 Å². The standard InChI is InChI=1S/C22H22N4O5S/c1-13-23-20(26-31-13)15-5-7-17(8-6-15)24-19(21(32-4)25-22(27)28)16-9-14(12-29-2)10-18(11-16)30-3/h5-11H,12H2,1-4H3,(H,27,28). The maximum Gasteiger partial charge on any atom is 0.432 e. The molecule has 9 nitrogen and oxygen atoms in total. The van der Waals surface area contributed by atoms with Crippen LogP contribution in [-0.2, 0) is 11.3 Å². The summed E-state index contributed by atoms with van der Waals surface area (Å²) >= 11 is 1.19. The lowest BCUT2D eigenvalue weighted by atomic mass is 10.1. The van der Waals surface area contributed by atoms with E-state index in [4.69, 9.17) is 19.0 Å². The van der Waals surface area contributed by atoms with Gasteiger partial charge in [0.2, 0.25) is 11.7 Å². The highest BCUT2D eigenvalue weighted by Crippen LogP contribution is 2.25. The Bertz CT molecular complexity index is 1160. The zero-order chi connectivity index (χ0) is 23.1. The minimum absolute atomic E-state index is 0.256. The summed E-state index contributed by atoms with van der Waals surface area (Å²) in [6, 6.07) is 12.7. The van der Waals surface area contributed by atoms with Crippen molar-refractivity contribution in [3.8, 4) is 17.1 Å². The first-order chi connectivity index (χ1) is 15.4. The molecule has 0 fully saturated rings. The van der Waals surface area contributed by atoms with Crippen molar-refractivity contribution in [1.29, 1.82) is 0 Å². The molecule has 2 aromatic carbocycles. The normalized spacial score (nSPS) is 12.1. The van der Waals surface area contributed by atoms with Gasteiger partial charge >= 0.3 is 6.09 Å². The van der Waals surface area contributed by atoms with Crippen LogP contribution in [0.5, 0.6) is 5.75 Å². The molecule has 0 radical (unpaired) electrons. The van der Waals surface area contributed by atoms with E-state index < -0.39 is 6.09 Å². The average Bonchev–Trinajstić information content (AvgIpc) is 3.22. The first-order valence-corrected chi connectivity index (χ1v) is 10.7. The molecular weight excluding hydrogens is 432 g/mol. The number of ether oxygens (including phenoxy) is 2. The Hall–Kier alpha value is -3.50. The number of hydrogen-bond donors (Lipinski definition) is 1. The summed E-state index contributed by atoms with van der Waals surface area (Å²) in [6.45, 7) is 2.08. The van der Waals surface area contributed by atoms with Crippen LogP contribution in [0.1, 0.15) is 17.0 Å². The Morgan fingerprint density at radius 3 is 2.50 bits per heavy atom. The molecule has 0 saturated carbocycles. The van der Waals surface area contributed by atoms with E-state index in [1.807, 2.05) is 24.3 Å². The van der Waals surface area contributed by atoms with Crippen molar-refractivity contribution in [2.75, 3.05) is 20.5 Å². The van der Waals surface area contributed by atoms with Crippen molar-refractivity contribution in [1.82, 2.24) is 10.1 Å². The predicted molar refractivity (Wildman–Crippen MR) is 123 cm³/mol.